The number of hydrogen-bond donors (Lipinski definition) is 1. The van der Waals surface area contributed by atoms with Gasteiger partial charge in [-0.1, -0.05) is 18.2 Å². The Labute approximate surface area is 66.7 Å². The van der Waals surface area contributed by atoms with E-state index in [1.54, 1.807) is 0 Å². The highest BCUT2D eigenvalue weighted by Crippen LogP contribution is 2.27. The minimum atomic E-state index is 0.407. The fourth-order valence-electron chi connectivity index (χ4n) is 1.65. The number of hydrogen-bond acceptors (Lipinski definition) is 2. The summed E-state index contributed by atoms with van der Waals surface area (Å²) >= 11 is 0. The summed E-state index contributed by atoms with van der Waals surface area (Å²) in [5.74, 6) is 0.407. The molecule has 1 aliphatic carbocycles. The van der Waals surface area contributed by atoms with Crippen LogP contribution in [-0.2, 0) is 0 Å². The zero-order chi connectivity index (χ0) is 7.84. The van der Waals surface area contributed by atoms with Crippen LogP contribution in [0.2, 0.25) is 0 Å². The third-order valence-electron chi connectivity index (χ3n) is 2.35. The maximum Gasteiger partial charge on any atom is 0.0585 e. The van der Waals surface area contributed by atoms with Crippen molar-refractivity contribution in [2.45, 2.75) is 6.04 Å². The van der Waals surface area contributed by atoms with E-state index in [2.05, 4.69) is 30.3 Å². The highest BCUT2D eigenvalue weighted by atomic mass is 15.1. The molecule has 0 saturated carbocycles. The van der Waals surface area contributed by atoms with E-state index < -0.39 is 0 Å². The molecular formula is C9H12N2. The molecule has 0 radical (unpaired) electrons. The maximum absolute atomic E-state index is 5.81. The van der Waals surface area contributed by atoms with E-state index in [4.69, 9.17) is 5.73 Å². The van der Waals surface area contributed by atoms with Gasteiger partial charge >= 0.3 is 0 Å². The van der Waals surface area contributed by atoms with Gasteiger partial charge in [0.2, 0.25) is 0 Å². The third kappa shape index (κ3) is 0.862. The van der Waals surface area contributed by atoms with E-state index >= 15 is 0 Å². The van der Waals surface area contributed by atoms with E-state index in [1.165, 1.54) is 0 Å². The van der Waals surface area contributed by atoms with Crippen molar-refractivity contribution >= 4 is 0 Å². The summed E-state index contributed by atoms with van der Waals surface area (Å²) in [6, 6.07) is 0.458. The number of likely N-dealkylation sites (N-methyl/N-ethyl adjacent to an activating group) is 1. The van der Waals surface area contributed by atoms with Gasteiger partial charge in [-0.25, -0.2) is 0 Å². The molecule has 2 aliphatic rings. The molecule has 2 N–H and O–H groups in total. The van der Waals surface area contributed by atoms with Crippen LogP contribution in [0.15, 0.2) is 36.2 Å². The van der Waals surface area contributed by atoms with E-state index in [0.717, 1.165) is 5.70 Å². The molecule has 0 aromatic heterocycles. The number of fused-ring (bicyclic) bond motifs is 1. The summed E-state index contributed by atoms with van der Waals surface area (Å²) < 4.78 is 0. The summed E-state index contributed by atoms with van der Waals surface area (Å²) in [7, 11) is 2.07. The van der Waals surface area contributed by atoms with E-state index in [9.17, 15) is 0 Å². The van der Waals surface area contributed by atoms with Gasteiger partial charge in [0.15, 0.2) is 0 Å². The van der Waals surface area contributed by atoms with Crippen molar-refractivity contribution in [2.24, 2.45) is 11.7 Å². The maximum atomic E-state index is 5.81. The normalized spacial score (nSPS) is 33.9. The van der Waals surface area contributed by atoms with Gasteiger partial charge in [0.1, 0.15) is 0 Å². The number of nitrogens with two attached hydrogens (primary N) is 1. The van der Waals surface area contributed by atoms with Crippen molar-refractivity contribution in [3.63, 3.8) is 0 Å². The molecule has 0 fully saturated rings. The number of rotatable bonds is 0. The second-order valence-corrected chi connectivity index (χ2v) is 3.07. The van der Waals surface area contributed by atoms with Crippen LogP contribution in [0.4, 0.5) is 0 Å². The van der Waals surface area contributed by atoms with Gasteiger partial charge in [0, 0.05) is 18.7 Å². The van der Waals surface area contributed by atoms with Crippen molar-refractivity contribution in [1.29, 1.82) is 0 Å². The topological polar surface area (TPSA) is 29.3 Å². The van der Waals surface area contributed by atoms with Crippen LogP contribution in [-0.4, -0.2) is 18.0 Å². The van der Waals surface area contributed by atoms with Crippen LogP contribution in [0, 0.1) is 5.92 Å². The minimum absolute atomic E-state index is 0.407. The van der Waals surface area contributed by atoms with Gasteiger partial charge in [-0.2, -0.15) is 0 Å². The molecule has 2 rings (SSSR count). The summed E-state index contributed by atoms with van der Waals surface area (Å²) in [4.78, 5) is 2.18. The molecule has 0 aromatic carbocycles. The molecule has 1 heterocycles. The molecule has 0 bridgehead atoms. The van der Waals surface area contributed by atoms with Crippen LogP contribution in [0.3, 0.4) is 0 Å². The zero-order valence-electron chi connectivity index (χ0n) is 6.57. The first-order chi connectivity index (χ1) is 5.29. The zero-order valence-corrected chi connectivity index (χ0v) is 6.57. The summed E-state index contributed by atoms with van der Waals surface area (Å²) in [6.07, 6.45) is 10.4. The lowest BCUT2D eigenvalue weighted by atomic mass is 9.94. The van der Waals surface area contributed by atoms with Crippen LogP contribution in [0.5, 0.6) is 0 Å². The Kier molecular flexibility index (Phi) is 1.28. The largest absolute Gasteiger partial charge is 0.401 e. The predicted molar refractivity (Wildman–Crippen MR) is 45.6 cm³/mol. The highest BCUT2D eigenvalue weighted by Gasteiger charge is 2.27. The van der Waals surface area contributed by atoms with Crippen LogP contribution in [0.25, 0.3) is 0 Å². The lowest BCUT2D eigenvalue weighted by Gasteiger charge is -2.25. The van der Waals surface area contributed by atoms with Crippen LogP contribution >= 0.6 is 0 Å². The lowest BCUT2D eigenvalue weighted by Crippen LogP contribution is -2.31. The molecule has 2 heteroatoms. The van der Waals surface area contributed by atoms with Gasteiger partial charge < -0.3 is 10.6 Å². The van der Waals surface area contributed by atoms with E-state index in [0.29, 0.717) is 12.0 Å². The fourth-order valence-corrected chi connectivity index (χ4v) is 1.65. The highest BCUT2D eigenvalue weighted by molar-refractivity contribution is 5.30. The van der Waals surface area contributed by atoms with Gasteiger partial charge in [-0.15, -0.1) is 0 Å². The van der Waals surface area contributed by atoms with E-state index in [1.807, 2.05) is 12.2 Å². The van der Waals surface area contributed by atoms with Crippen molar-refractivity contribution in [1.82, 2.24) is 4.90 Å². The molecule has 0 spiro atoms. The SMILES string of the molecule is CN1C=CC2C(N)=CC=CC21. The first-order valence-corrected chi connectivity index (χ1v) is 3.83. The second-order valence-electron chi connectivity index (χ2n) is 3.07. The van der Waals surface area contributed by atoms with Gasteiger partial charge in [0.25, 0.3) is 0 Å². The van der Waals surface area contributed by atoms with Crippen molar-refractivity contribution in [2.75, 3.05) is 7.05 Å². The average Bonchev–Trinajstić information content (AvgIpc) is 2.35. The molecule has 2 atom stereocenters. The third-order valence-corrected chi connectivity index (χ3v) is 2.35. The quantitative estimate of drug-likeness (QED) is 0.551. The first kappa shape index (κ1) is 6.53. The molecule has 0 aromatic rings. The van der Waals surface area contributed by atoms with Gasteiger partial charge in [0.05, 0.1) is 6.04 Å². The smallest absolute Gasteiger partial charge is 0.0585 e. The second kappa shape index (κ2) is 2.16. The molecule has 58 valence electrons. The minimum Gasteiger partial charge on any atom is -0.401 e. The summed E-state index contributed by atoms with van der Waals surface area (Å²) in [6.45, 7) is 0. The van der Waals surface area contributed by atoms with Crippen molar-refractivity contribution in [3.05, 3.63) is 36.2 Å². The Morgan fingerprint density at radius 1 is 1.45 bits per heavy atom. The molecule has 11 heavy (non-hydrogen) atoms. The molecule has 0 amide bonds. The average molecular weight is 148 g/mol. The molecule has 0 saturated heterocycles. The summed E-state index contributed by atoms with van der Waals surface area (Å²) in [5.41, 5.74) is 6.78. The molecule has 2 unspecified atom stereocenters. The lowest BCUT2D eigenvalue weighted by molar-refractivity contribution is 0.372. The van der Waals surface area contributed by atoms with Crippen LogP contribution < -0.4 is 5.73 Å². The Bertz CT molecular complexity index is 250. The Morgan fingerprint density at radius 2 is 2.27 bits per heavy atom. The molecular weight excluding hydrogens is 136 g/mol. The predicted octanol–water partition coefficient (Wildman–Crippen LogP) is 0.843. The van der Waals surface area contributed by atoms with Crippen LogP contribution in [0.1, 0.15) is 0 Å². The molecule has 2 nitrogen and oxygen atoms in total. The fraction of sp³-hybridized carbons (Fsp3) is 0.333. The summed E-state index contributed by atoms with van der Waals surface area (Å²) in [5, 5.41) is 0. The van der Waals surface area contributed by atoms with Crippen molar-refractivity contribution in [3.8, 4) is 0 Å². The molecule has 1 aliphatic heterocycles. The number of nitrogens with zero attached hydrogens (tertiary/aromatic N) is 1. The first-order valence-electron chi connectivity index (χ1n) is 3.83. The monoisotopic (exact) mass is 148 g/mol. The van der Waals surface area contributed by atoms with Crippen molar-refractivity contribution < 1.29 is 0 Å². The standard InChI is InChI=1S/C9H12N2/c1-11-6-5-7-8(10)3-2-4-9(7)11/h2-7,9H,10H2,1H3. The number of allylic oxidation sites excluding steroid dienone is 2. The Balaban J connectivity index is 2.30. The van der Waals surface area contributed by atoms with Gasteiger partial charge in [-0.05, 0) is 12.3 Å². The van der Waals surface area contributed by atoms with E-state index in [-0.39, 0.29) is 0 Å². The Morgan fingerprint density at radius 3 is 3.00 bits per heavy atom. The Hall–Kier alpha value is -1.18. The van der Waals surface area contributed by atoms with Gasteiger partial charge in [-0.3, -0.25) is 0 Å².